The number of sulfonamides is 1. The maximum Gasteiger partial charge on any atom is 0.241 e. The Bertz CT molecular complexity index is 846. The molecule has 0 heterocycles. The van der Waals surface area contributed by atoms with Gasteiger partial charge in [0.15, 0.2) is 0 Å². The van der Waals surface area contributed by atoms with Gasteiger partial charge >= 0.3 is 0 Å². The number of nitrogens with one attached hydrogen (secondary N) is 1. The fourth-order valence-electron chi connectivity index (χ4n) is 2.20. The molecular formula is C17H15NO6S-2. The smallest absolute Gasteiger partial charge is 0.241 e. The van der Waals surface area contributed by atoms with Crippen molar-refractivity contribution in [2.45, 2.75) is 23.8 Å². The monoisotopic (exact) mass is 361 g/mol. The topological polar surface area (TPSA) is 126 Å². The zero-order valence-electron chi connectivity index (χ0n) is 13.0. The molecule has 0 aromatic heterocycles. The first-order valence-electron chi connectivity index (χ1n) is 7.38. The number of rotatable bonds is 8. The molecular weight excluding hydrogens is 346 g/mol. The fraction of sp³-hybridized carbons (Fsp3) is 0.176. The third-order valence-electron chi connectivity index (χ3n) is 3.49. The highest BCUT2D eigenvalue weighted by Gasteiger charge is 2.21. The first kappa shape index (κ1) is 18.6. The molecule has 7 nitrogen and oxygen atoms in total. The maximum absolute atomic E-state index is 12.3. The third-order valence-corrected chi connectivity index (χ3v) is 4.98. The number of carboxylic acid groups (broad SMARTS) is 2. The van der Waals surface area contributed by atoms with Gasteiger partial charge in [-0.15, -0.1) is 0 Å². The van der Waals surface area contributed by atoms with Crippen LogP contribution in [0.25, 0.3) is 11.1 Å². The molecule has 25 heavy (non-hydrogen) atoms. The van der Waals surface area contributed by atoms with Crippen molar-refractivity contribution in [1.82, 2.24) is 4.72 Å². The molecule has 132 valence electrons. The highest BCUT2D eigenvalue weighted by molar-refractivity contribution is 7.89. The molecule has 1 N–H and O–H groups in total. The summed E-state index contributed by atoms with van der Waals surface area (Å²) in [5.74, 6) is -3.18. The van der Waals surface area contributed by atoms with Gasteiger partial charge in [0.1, 0.15) is 0 Å². The van der Waals surface area contributed by atoms with Crippen LogP contribution in [0.3, 0.4) is 0 Å². The quantitative estimate of drug-likeness (QED) is 0.661. The normalized spacial score (nSPS) is 12.5. The Morgan fingerprint density at radius 3 is 2.00 bits per heavy atom. The number of carboxylic acids is 2. The second-order valence-corrected chi connectivity index (χ2v) is 7.01. The Morgan fingerprint density at radius 1 is 0.920 bits per heavy atom. The van der Waals surface area contributed by atoms with Crippen LogP contribution in [0.1, 0.15) is 12.8 Å². The summed E-state index contributed by atoms with van der Waals surface area (Å²) in [6.07, 6.45) is -1.07. The SMILES string of the molecule is O=C([O-])CC[C@@H](NS(=O)(=O)c1ccc(-c2ccccc2)cc1)C(=O)[O-]. The summed E-state index contributed by atoms with van der Waals surface area (Å²) in [5, 5.41) is 21.4. The van der Waals surface area contributed by atoms with Gasteiger partial charge in [-0.2, -0.15) is 0 Å². The summed E-state index contributed by atoms with van der Waals surface area (Å²) >= 11 is 0. The molecule has 0 unspecified atom stereocenters. The number of benzene rings is 2. The van der Waals surface area contributed by atoms with Gasteiger partial charge in [0, 0.05) is 5.97 Å². The van der Waals surface area contributed by atoms with Gasteiger partial charge in [0.25, 0.3) is 0 Å². The maximum atomic E-state index is 12.3. The summed E-state index contributed by atoms with van der Waals surface area (Å²) in [4.78, 5) is 21.3. The average molecular weight is 361 g/mol. The van der Waals surface area contributed by atoms with Gasteiger partial charge in [-0.3, -0.25) is 0 Å². The summed E-state index contributed by atoms with van der Waals surface area (Å²) in [5.41, 5.74) is 1.70. The lowest BCUT2D eigenvalue weighted by molar-refractivity contribution is -0.309. The number of carbonyl (C=O) groups excluding carboxylic acids is 2. The molecule has 0 aliphatic heterocycles. The van der Waals surface area contributed by atoms with E-state index in [0.29, 0.717) is 0 Å². The van der Waals surface area contributed by atoms with E-state index in [0.717, 1.165) is 11.1 Å². The minimum Gasteiger partial charge on any atom is -0.550 e. The van der Waals surface area contributed by atoms with Crippen LogP contribution in [-0.4, -0.2) is 26.4 Å². The number of hydrogen-bond donors (Lipinski definition) is 1. The first-order valence-corrected chi connectivity index (χ1v) is 8.86. The molecule has 0 spiro atoms. The number of aliphatic carboxylic acids is 2. The zero-order valence-corrected chi connectivity index (χ0v) is 13.9. The van der Waals surface area contributed by atoms with Crippen molar-refractivity contribution in [1.29, 1.82) is 0 Å². The van der Waals surface area contributed by atoms with Gasteiger partial charge < -0.3 is 19.8 Å². The largest absolute Gasteiger partial charge is 0.550 e. The predicted molar refractivity (Wildman–Crippen MR) is 85.2 cm³/mol. The Morgan fingerprint density at radius 2 is 1.48 bits per heavy atom. The molecule has 0 bridgehead atoms. The number of hydrogen-bond acceptors (Lipinski definition) is 6. The molecule has 0 aliphatic rings. The van der Waals surface area contributed by atoms with E-state index in [4.69, 9.17) is 0 Å². The van der Waals surface area contributed by atoms with Gasteiger partial charge in [-0.1, -0.05) is 42.5 Å². The van der Waals surface area contributed by atoms with E-state index < -0.39 is 40.8 Å². The molecule has 0 amide bonds. The van der Waals surface area contributed by atoms with E-state index in [-0.39, 0.29) is 4.90 Å². The van der Waals surface area contributed by atoms with Gasteiger partial charge in [0.05, 0.1) is 16.9 Å². The molecule has 8 heteroatoms. The van der Waals surface area contributed by atoms with Crippen LogP contribution >= 0.6 is 0 Å². The van der Waals surface area contributed by atoms with Crippen molar-refractivity contribution < 1.29 is 28.2 Å². The lowest BCUT2D eigenvalue weighted by atomic mass is 10.1. The average Bonchev–Trinajstić information content (AvgIpc) is 2.59. The Hall–Kier alpha value is -2.71. The molecule has 0 saturated heterocycles. The van der Waals surface area contributed by atoms with E-state index in [1.807, 2.05) is 35.1 Å². The molecule has 2 rings (SSSR count). The van der Waals surface area contributed by atoms with Gasteiger partial charge in [-0.25, -0.2) is 13.1 Å². The van der Waals surface area contributed by atoms with Crippen molar-refractivity contribution in [2.75, 3.05) is 0 Å². The van der Waals surface area contributed by atoms with Crippen LogP contribution < -0.4 is 14.9 Å². The Balaban J connectivity index is 2.18. The van der Waals surface area contributed by atoms with Crippen LogP contribution in [0.2, 0.25) is 0 Å². The van der Waals surface area contributed by atoms with Crippen molar-refractivity contribution in [3.8, 4) is 11.1 Å². The van der Waals surface area contributed by atoms with Crippen LogP contribution in [0.4, 0.5) is 0 Å². The highest BCUT2D eigenvalue weighted by Crippen LogP contribution is 2.21. The van der Waals surface area contributed by atoms with Crippen molar-refractivity contribution in [2.24, 2.45) is 0 Å². The van der Waals surface area contributed by atoms with Crippen LogP contribution in [0.15, 0.2) is 59.5 Å². The minimum atomic E-state index is -4.14. The zero-order chi connectivity index (χ0) is 18.4. The lowest BCUT2D eigenvalue weighted by Gasteiger charge is -2.20. The second-order valence-electron chi connectivity index (χ2n) is 5.29. The van der Waals surface area contributed by atoms with E-state index in [1.165, 1.54) is 12.1 Å². The van der Waals surface area contributed by atoms with Crippen molar-refractivity contribution >= 4 is 22.0 Å². The van der Waals surface area contributed by atoms with Crippen molar-refractivity contribution in [3.05, 3.63) is 54.6 Å². The highest BCUT2D eigenvalue weighted by atomic mass is 32.2. The van der Waals surface area contributed by atoms with Crippen LogP contribution in [-0.2, 0) is 19.6 Å². The molecule has 2 aromatic rings. The number of carbonyl (C=O) groups is 2. The summed E-state index contributed by atoms with van der Waals surface area (Å²) in [6.45, 7) is 0. The minimum absolute atomic E-state index is 0.133. The predicted octanol–water partition coefficient (Wildman–Crippen LogP) is -0.719. The Labute approximate surface area is 145 Å². The van der Waals surface area contributed by atoms with Crippen LogP contribution in [0.5, 0.6) is 0 Å². The summed E-state index contributed by atoms with van der Waals surface area (Å²) < 4.78 is 26.5. The third kappa shape index (κ3) is 5.13. The van der Waals surface area contributed by atoms with Crippen molar-refractivity contribution in [3.63, 3.8) is 0 Å². The van der Waals surface area contributed by atoms with Gasteiger partial charge in [0.2, 0.25) is 10.0 Å². The molecule has 2 aromatic carbocycles. The molecule has 0 aliphatic carbocycles. The standard InChI is InChI=1S/C17H17NO6S/c19-16(20)11-10-15(17(21)22)18-25(23,24)14-8-6-13(7-9-14)12-4-2-1-3-5-12/h1-9,15,18H,10-11H2,(H,19,20)(H,21,22)/p-2/t15-/m1/s1. The van der Waals surface area contributed by atoms with Gasteiger partial charge in [-0.05, 0) is 36.1 Å². The second kappa shape index (κ2) is 7.91. The van der Waals surface area contributed by atoms with E-state index in [1.54, 1.807) is 12.1 Å². The molecule has 0 radical (unpaired) electrons. The molecule has 0 saturated carbocycles. The first-order chi connectivity index (χ1) is 11.8. The van der Waals surface area contributed by atoms with E-state index in [2.05, 4.69) is 0 Å². The molecule has 0 fully saturated rings. The van der Waals surface area contributed by atoms with E-state index in [9.17, 15) is 28.2 Å². The summed E-state index contributed by atoms with van der Waals surface area (Å²) in [7, 11) is -4.14. The summed E-state index contributed by atoms with van der Waals surface area (Å²) in [6, 6.07) is 13.5. The fourth-order valence-corrected chi connectivity index (χ4v) is 3.42. The Kier molecular flexibility index (Phi) is 5.89. The van der Waals surface area contributed by atoms with E-state index >= 15 is 0 Å². The van der Waals surface area contributed by atoms with Crippen LogP contribution in [0, 0.1) is 0 Å². The lowest BCUT2D eigenvalue weighted by Crippen LogP contribution is -2.48. The molecule has 1 atom stereocenters.